The minimum atomic E-state index is -1.26. The highest BCUT2D eigenvalue weighted by molar-refractivity contribution is 6.07. The first-order valence-corrected chi connectivity index (χ1v) is 4.11. The summed E-state index contributed by atoms with van der Waals surface area (Å²) in [5.41, 5.74) is 0.0290. The zero-order chi connectivity index (χ0) is 11.4. The summed E-state index contributed by atoms with van der Waals surface area (Å²) < 4.78 is 0. The summed E-state index contributed by atoms with van der Waals surface area (Å²) in [7, 11) is 0. The van der Waals surface area contributed by atoms with Crippen LogP contribution in [0.2, 0.25) is 0 Å². The lowest BCUT2D eigenvalue weighted by atomic mass is 10.0. The Morgan fingerprint density at radius 2 is 1.93 bits per heavy atom. The minimum absolute atomic E-state index is 0.0272. The van der Waals surface area contributed by atoms with Gasteiger partial charge in [-0.25, -0.2) is 4.79 Å². The van der Waals surface area contributed by atoms with Crippen LogP contribution >= 0.6 is 0 Å². The summed E-state index contributed by atoms with van der Waals surface area (Å²) in [6, 6.07) is 3.30. The van der Waals surface area contributed by atoms with Gasteiger partial charge < -0.3 is 5.11 Å². The lowest BCUT2D eigenvalue weighted by Crippen LogP contribution is -1.99. The molecule has 1 N–H and O–H groups in total. The average Bonchev–Trinajstić information content (AvgIpc) is 2.51. The highest BCUT2D eigenvalue weighted by Crippen LogP contribution is 2.29. The Hall–Kier alpha value is -2.40. The molecule has 15 heavy (non-hydrogen) atoms. The Labute approximate surface area is 85.5 Å². The number of ketones is 1. The van der Waals surface area contributed by atoms with Gasteiger partial charge in [-0.3, -0.25) is 4.79 Å². The van der Waals surface area contributed by atoms with Gasteiger partial charge in [0.1, 0.15) is 17.7 Å². The summed E-state index contributed by atoms with van der Waals surface area (Å²) in [5.74, 6) is -1.59. The van der Waals surface area contributed by atoms with E-state index in [9.17, 15) is 9.59 Å². The topological polar surface area (TPSA) is 102 Å². The molecule has 0 bridgehead atoms. The molecule has 5 nitrogen and oxygen atoms in total. The van der Waals surface area contributed by atoms with Crippen molar-refractivity contribution >= 4 is 11.8 Å². The molecule has 0 aromatic rings. The molecule has 0 amide bonds. The fourth-order valence-electron chi connectivity index (χ4n) is 1.39. The van der Waals surface area contributed by atoms with E-state index < -0.39 is 5.97 Å². The number of carbonyl (C=O) groups excluding carboxylic acids is 1. The molecule has 0 spiro atoms. The van der Waals surface area contributed by atoms with E-state index in [2.05, 4.69) is 0 Å². The van der Waals surface area contributed by atoms with Crippen LogP contribution in [0.3, 0.4) is 0 Å². The molecule has 0 aromatic heterocycles. The summed E-state index contributed by atoms with van der Waals surface area (Å²) in [4.78, 5) is 21.7. The van der Waals surface area contributed by atoms with Crippen LogP contribution in [0.4, 0.5) is 0 Å². The van der Waals surface area contributed by atoms with Crippen LogP contribution in [-0.2, 0) is 9.59 Å². The number of carbonyl (C=O) groups is 2. The van der Waals surface area contributed by atoms with E-state index in [0.29, 0.717) is 0 Å². The number of carboxylic acids is 1. The predicted octanol–water partition coefficient (Wildman–Crippen LogP) is 0.704. The zero-order valence-corrected chi connectivity index (χ0v) is 7.65. The van der Waals surface area contributed by atoms with E-state index in [1.807, 2.05) is 0 Å². The Balaban J connectivity index is 3.31. The summed E-state index contributed by atoms with van der Waals surface area (Å²) >= 11 is 0. The van der Waals surface area contributed by atoms with Gasteiger partial charge in [-0.1, -0.05) is 0 Å². The molecule has 74 valence electrons. The fourth-order valence-corrected chi connectivity index (χ4v) is 1.39. The Morgan fingerprint density at radius 1 is 1.33 bits per heavy atom. The van der Waals surface area contributed by atoms with E-state index in [-0.39, 0.29) is 35.3 Å². The third kappa shape index (κ3) is 2.09. The summed E-state index contributed by atoms with van der Waals surface area (Å²) in [6.07, 6.45) is 1.16. The molecule has 1 aliphatic carbocycles. The fraction of sp³-hybridized carbons (Fsp3) is 0.200. The molecule has 1 fully saturated rings. The molecule has 0 saturated heterocycles. The Bertz CT molecular complexity index is 456. The van der Waals surface area contributed by atoms with Crippen LogP contribution in [0.15, 0.2) is 22.8 Å². The molecule has 1 saturated carbocycles. The molecule has 0 unspecified atom stereocenters. The summed E-state index contributed by atoms with van der Waals surface area (Å²) in [5, 5.41) is 25.7. The molecule has 0 heterocycles. The van der Waals surface area contributed by atoms with Gasteiger partial charge >= 0.3 is 5.97 Å². The third-order valence-corrected chi connectivity index (χ3v) is 2.02. The third-order valence-electron chi connectivity index (χ3n) is 2.02. The van der Waals surface area contributed by atoms with E-state index in [1.54, 1.807) is 12.1 Å². The second-order valence-electron chi connectivity index (χ2n) is 2.90. The van der Waals surface area contributed by atoms with Crippen LogP contribution in [0.5, 0.6) is 0 Å². The lowest BCUT2D eigenvalue weighted by Gasteiger charge is -1.96. The van der Waals surface area contributed by atoms with Crippen molar-refractivity contribution in [2.45, 2.75) is 12.8 Å². The quantitative estimate of drug-likeness (QED) is 0.498. The molecule has 1 rings (SSSR count). The van der Waals surface area contributed by atoms with E-state index in [1.165, 1.54) is 0 Å². The van der Waals surface area contributed by atoms with Crippen LogP contribution in [0.1, 0.15) is 12.8 Å². The number of nitrogens with zero attached hydrogens (tertiary/aromatic N) is 2. The number of allylic oxidation sites excluding steroid dienone is 3. The van der Waals surface area contributed by atoms with E-state index >= 15 is 0 Å². The van der Waals surface area contributed by atoms with Gasteiger partial charge in [0.15, 0.2) is 5.78 Å². The molecular formula is C10H6N2O3. The standard InChI is InChI=1S/C10H6N2O3/c11-4-6(5-12)7-1-2-9(13)8(7)3-10(14)15/h3H,1-2H2,(H,14,15)/b8-3-. The largest absolute Gasteiger partial charge is 0.478 e. The van der Waals surface area contributed by atoms with Gasteiger partial charge in [0.05, 0.1) is 0 Å². The number of hydrogen-bond donors (Lipinski definition) is 1. The Kier molecular flexibility index (Phi) is 3.00. The molecule has 0 radical (unpaired) electrons. The first-order valence-electron chi connectivity index (χ1n) is 4.11. The zero-order valence-electron chi connectivity index (χ0n) is 7.65. The second kappa shape index (κ2) is 4.21. The van der Waals surface area contributed by atoms with Crippen LogP contribution < -0.4 is 0 Å². The molecule has 5 heteroatoms. The van der Waals surface area contributed by atoms with Crippen molar-refractivity contribution in [3.8, 4) is 12.1 Å². The van der Waals surface area contributed by atoms with Crippen molar-refractivity contribution in [1.29, 1.82) is 10.5 Å². The lowest BCUT2D eigenvalue weighted by molar-refractivity contribution is -0.131. The average molecular weight is 202 g/mol. The first kappa shape index (κ1) is 10.7. The van der Waals surface area contributed by atoms with Crippen molar-refractivity contribution in [2.75, 3.05) is 0 Å². The van der Waals surface area contributed by atoms with Gasteiger partial charge in [0, 0.05) is 18.1 Å². The number of nitriles is 2. The van der Waals surface area contributed by atoms with Gasteiger partial charge in [0.2, 0.25) is 0 Å². The van der Waals surface area contributed by atoms with Crippen molar-refractivity contribution in [2.24, 2.45) is 0 Å². The maximum atomic E-state index is 11.3. The van der Waals surface area contributed by atoms with Crippen molar-refractivity contribution in [3.63, 3.8) is 0 Å². The van der Waals surface area contributed by atoms with Gasteiger partial charge in [0.25, 0.3) is 0 Å². The van der Waals surface area contributed by atoms with Gasteiger partial charge in [-0.05, 0) is 12.0 Å². The summed E-state index contributed by atoms with van der Waals surface area (Å²) in [6.45, 7) is 0. The van der Waals surface area contributed by atoms with Crippen LogP contribution in [0.25, 0.3) is 0 Å². The molecular weight excluding hydrogens is 196 g/mol. The number of hydrogen-bond acceptors (Lipinski definition) is 4. The van der Waals surface area contributed by atoms with Crippen LogP contribution in [-0.4, -0.2) is 16.9 Å². The number of rotatable bonds is 1. The van der Waals surface area contributed by atoms with Crippen LogP contribution in [0, 0.1) is 22.7 Å². The van der Waals surface area contributed by atoms with Crippen molar-refractivity contribution in [1.82, 2.24) is 0 Å². The number of Topliss-reactive ketones (excluding diaryl/α,β-unsaturated/α-hetero) is 1. The normalized spacial score (nSPS) is 17.3. The Morgan fingerprint density at radius 3 is 2.40 bits per heavy atom. The smallest absolute Gasteiger partial charge is 0.329 e. The molecule has 1 aliphatic rings. The SMILES string of the molecule is N#CC(C#N)=C1CCC(=O)/C1=C\C(=O)O. The van der Waals surface area contributed by atoms with Gasteiger partial charge in [-0.15, -0.1) is 0 Å². The molecule has 0 atom stereocenters. The number of carboxylic acid groups (broad SMARTS) is 1. The molecule has 0 aromatic carbocycles. The van der Waals surface area contributed by atoms with E-state index in [0.717, 1.165) is 6.08 Å². The van der Waals surface area contributed by atoms with Crippen molar-refractivity contribution in [3.05, 3.63) is 22.8 Å². The second-order valence-corrected chi connectivity index (χ2v) is 2.90. The monoisotopic (exact) mass is 202 g/mol. The highest BCUT2D eigenvalue weighted by Gasteiger charge is 2.26. The number of aliphatic carboxylic acids is 1. The molecule has 0 aliphatic heterocycles. The predicted molar refractivity (Wildman–Crippen MR) is 48.2 cm³/mol. The first-order chi connectivity index (χ1) is 7.10. The maximum absolute atomic E-state index is 11.3. The highest BCUT2D eigenvalue weighted by atomic mass is 16.4. The van der Waals surface area contributed by atoms with Gasteiger partial charge in [-0.2, -0.15) is 10.5 Å². The van der Waals surface area contributed by atoms with Crippen molar-refractivity contribution < 1.29 is 14.7 Å². The van der Waals surface area contributed by atoms with E-state index in [4.69, 9.17) is 15.6 Å². The maximum Gasteiger partial charge on any atom is 0.329 e. The minimum Gasteiger partial charge on any atom is -0.478 e.